The van der Waals surface area contributed by atoms with Gasteiger partial charge in [-0.3, -0.25) is 4.79 Å². The summed E-state index contributed by atoms with van der Waals surface area (Å²) < 4.78 is 4.64. The predicted molar refractivity (Wildman–Crippen MR) is 74.5 cm³/mol. The third kappa shape index (κ3) is 4.22. The van der Waals surface area contributed by atoms with Gasteiger partial charge in [-0.05, 0) is 37.5 Å². The van der Waals surface area contributed by atoms with Crippen LogP contribution in [0.2, 0.25) is 0 Å². The number of amides is 1. The number of ether oxygens (including phenoxy) is 1. The molecule has 0 bridgehead atoms. The van der Waals surface area contributed by atoms with Crippen molar-refractivity contribution < 1.29 is 14.3 Å². The van der Waals surface area contributed by atoms with Gasteiger partial charge in [-0.15, -0.1) is 0 Å². The van der Waals surface area contributed by atoms with Crippen molar-refractivity contribution in [2.45, 2.75) is 53.0 Å². The highest BCUT2D eigenvalue weighted by molar-refractivity contribution is 5.85. The summed E-state index contributed by atoms with van der Waals surface area (Å²) in [6.07, 6.45) is 3.21. The molecule has 0 aliphatic heterocycles. The van der Waals surface area contributed by atoms with Crippen molar-refractivity contribution in [2.24, 2.45) is 23.7 Å². The van der Waals surface area contributed by atoms with Crippen molar-refractivity contribution in [3.05, 3.63) is 0 Å². The third-order valence-electron chi connectivity index (χ3n) is 4.27. The Balaban J connectivity index is 2.68. The highest BCUT2D eigenvalue weighted by Crippen LogP contribution is 2.38. The van der Waals surface area contributed by atoms with Gasteiger partial charge in [-0.2, -0.15) is 0 Å². The van der Waals surface area contributed by atoms with Gasteiger partial charge in [-0.1, -0.05) is 27.2 Å². The first kappa shape index (κ1) is 16.0. The van der Waals surface area contributed by atoms with Crippen LogP contribution in [0.4, 0.5) is 0 Å². The summed E-state index contributed by atoms with van der Waals surface area (Å²) in [7, 11) is 1.34. The van der Waals surface area contributed by atoms with E-state index in [-0.39, 0.29) is 11.8 Å². The Morgan fingerprint density at radius 1 is 1.21 bits per heavy atom. The SMILES string of the molecule is COC(=O)C(C)NC(=O)C1C[C@H](C)CC[C@H]1C(C)C. The number of carbonyl (C=O) groups excluding carboxylic acids is 2. The molecular formula is C15H27NO3. The normalized spacial score (nSPS) is 28.8. The van der Waals surface area contributed by atoms with Crippen LogP contribution in [0, 0.1) is 23.7 Å². The molecule has 0 aromatic rings. The Hall–Kier alpha value is -1.06. The zero-order chi connectivity index (χ0) is 14.6. The monoisotopic (exact) mass is 269 g/mol. The number of esters is 1. The van der Waals surface area contributed by atoms with Crippen molar-refractivity contribution in [3.8, 4) is 0 Å². The maximum absolute atomic E-state index is 12.4. The van der Waals surface area contributed by atoms with Gasteiger partial charge in [0.05, 0.1) is 7.11 Å². The number of nitrogens with one attached hydrogen (secondary N) is 1. The lowest BCUT2D eigenvalue weighted by Gasteiger charge is -2.36. The zero-order valence-corrected chi connectivity index (χ0v) is 12.7. The average Bonchev–Trinajstić information content (AvgIpc) is 2.36. The highest BCUT2D eigenvalue weighted by Gasteiger charge is 2.36. The molecule has 4 atom stereocenters. The largest absolute Gasteiger partial charge is 0.467 e. The lowest BCUT2D eigenvalue weighted by Crippen LogP contribution is -2.46. The molecule has 1 amide bonds. The van der Waals surface area contributed by atoms with Crippen molar-refractivity contribution in [2.75, 3.05) is 7.11 Å². The molecule has 2 unspecified atom stereocenters. The fourth-order valence-corrected chi connectivity index (χ4v) is 3.06. The fraction of sp³-hybridized carbons (Fsp3) is 0.867. The topological polar surface area (TPSA) is 55.4 Å². The second kappa shape index (κ2) is 6.92. The molecule has 1 aliphatic carbocycles. The van der Waals surface area contributed by atoms with E-state index in [9.17, 15) is 9.59 Å². The minimum absolute atomic E-state index is 0.00292. The van der Waals surface area contributed by atoms with Crippen LogP contribution >= 0.6 is 0 Å². The van der Waals surface area contributed by atoms with Gasteiger partial charge < -0.3 is 10.1 Å². The Morgan fingerprint density at radius 3 is 2.37 bits per heavy atom. The van der Waals surface area contributed by atoms with Crippen LogP contribution in [0.15, 0.2) is 0 Å². The number of hydrogen-bond donors (Lipinski definition) is 1. The molecule has 110 valence electrons. The van der Waals surface area contributed by atoms with E-state index in [1.54, 1.807) is 6.92 Å². The van der Waals surface area contributed by atoms with E-state index in [4.69, 9.17) is 0 Å². The van der Waals surface area contributed by atoms with Gasteiger partial charge in [0, 0.05) is 5.92 Å². The smallest absolute Gasteiger partial charge is 0.328 e. The molecule has 0 spiro atoms. The van der Waals surface area contributed by atoms with E-state index in [1.165, 1.54) is 13.5 Å². The Kier molecular flexibility index (Phi) is 5.83. The van der Waals surface area contributed by atoms with Crippen molar-refractivity contribution >= 4 is 11.9 Å². The second-order valence-electron chi connectivity index (χ2n) is 6.19. The molecule has 4 heteroatoms. The lowest BCUT2D eigenvalue weighted by molar-refractivity contribution is -0.145. The number of rotatable bonds is 4. The molecule has 4 nitrogen and oxygen atoms in total. The number of hydrogen-bond acceptors (Lipinski definition) is 3. The van der Waals surface area contributed by atoms with E-state index >= 15 is 0 Å². The molecule has 19 heavy (non-hydrogen) atoms. The van der Waals surface area contributed by atoms with Crippen molar-refractivity contribution in [3.63, 3.8) is 0 Å². The van der Waals surface area contributed by atoms with E-state index in [2.05, 4.69) is 30.8 Å². The van der Waals surface area contributed by atoms with Crippen molar-refractivity contribution in [1.82, 2.24) is 5.32 Å². The maximum atomic E-state index is 12.4. The van der Waals surface area contributed by atoms with Gasteiger partial charge in [0.25, 0.3) is 0 Å². The quantitative estimate of drug-likeness (QED) is 0.797. The Labute approximate surface area is 116 Å². The van der Waals surface area contributed by atoms with Gasteiger partial charge in [0.2, 0.25) is 5.91 Å². The van der Waals surface area contributed by atoms with Gasteiger partial charge in [0.15, 0.2) is 0 Å². The molecular weight excluding hydrogens is 242 g/mol. The number of methoxy groups -OCH3 is 1. The maximum Gasteiger partial charge on any atom is 0.328 e. The third-order valence-corrected chi connectivity index (χ3v) is 4.27. The summed E-state index contributed by atoms with van der Waals surface area (Å²) in [5.74, 6) is 1.13. The molecule has 1 fully saturated rings. The Morgan fingerprint density at radius 2 is 1.84 bits per heavy atom. The molecule has 0 aromatic carbocycles. The lowest BCUT2D eigenvalue weighted by atomic mass is 9.69. The summed E-state index contributed by atoms with van der Waals surface area (Å²) in [5, 5.41) is 2.79. The molecule has 1 rings (SSSR count). The molecule has 0 heterocycles. The van der Waals surface area contributed by atoms with E-state index < -0.39 is 12.0 Å². The van der Waals surface area contributed by atoms with E-state index in [0.29, 0.717) is 17.8 Å². The molecule has 1 saturated carbocycles. The first-order valence-electron chi connectivity index (χ1n) is 7.25. The summed E-state index contributed by atoms with van der Waals surface area (Å²) in [5.41, 5.74) is 0. The standard InChI is InChI=1S/C15H27NO3/c1-9(2)12-7-6-10(3)8-13(12)14(17)16-11(4)15(18)19-5/h9-13H,6-8H2,1-5H3,(H,16,17)/t10-,11?,12+,13?/m1/s1. The molecule has 0 aromatic heterocycles. The first-order chi connectivity index (χ1) is 8.86. The summed E-state index contributed by atoms with van der Waals surface area (Å²) in [4.78, 5) is 23.7. The second-order valence-corrected chi connectivity index (χ2v) is 6.19. The summed E-state index contributed by atoms with van der Waals surface area (Å²) in [6.45, 7) is 8.20. The molecule has 1 N–H and O–H groups in total. The van der Waals surface area contributed by atoms with Crippen LogP contribution in [0.25, 0.3) is 0 Å². The van der Waals surface area contributed by atoms with Crippen LogP contribution in [0.3, 0.4) is 0 Å². The van der Waals surface area contributed by atoms with Gasteiger partial charge in [0.1, 0.15) is 6.04 Å². The zero-order valence-electron chi connectivity index (χ0n) is 12.7. The molecule has 0 saturated heterocycles. The molecule has 0 radical (unpaired) electrons. The number of carbonyl (C=O) groups is 2. The highest BCUT2D eigenvalue weighted by atomic mass is 16.5. The molecule has 1 aliphatic rings. The van der Waals surface area contributed by atoms with Crippen LogP contribution in [-0.4, -0.2) is 25.0 Å². The Bertz CT molecular complexity index is 327. The minimum atomic E-state index is -0.567. The van der Waals surface area contributed by atoms with E-state index in [0.717, 1.165) is 12.8 Å². The van der Waals surface area contributed by atoms with Crippen LogP contribution < -0.4 is 5.32 Å². The average molecular weight is 269 g/mol. The van der Waals surface area contributed by atoms with Crippen LogP contribution in [-0.2, 0) is 14.3 Å². The van der Waals surface area contributed by atoms with Crippen LogP contribution in [0.5, 0.6) is 0 Å². The van der Waals surface area contributed by atoms with Crippen LogP contribution in [0.1, 0.15) is 47.0 Å². The minimum Gasteiger partial charge on any atom is -0.467 e. The van der Waals surface area contributed by atoms with Gasteiger partial charge >= 0.3 is 5.97 Å². The fourth-order valence-electron chi connectivity index (χ4n) is 3.06. The van der Waals surface area contributed by atoms with Gasteiger partial charge in [-0.25, -0.2) is 4.79 Å². The summed E-state index contributed by atoms with van der Waals surface area (Å²) in [6, 6.07) is -0.567. The predicted octanol–water partition coefficient (Wildman–Crippen LogP) is 2.37. The van der Waals surface area contributed by atoms with E-state index in [1.807, 2.05) is 0 Å². The van der Waals surface area contributed by atoms with Crippen molar-refractivity contribution in [1.29, 1.82) is 0 Å². The first-order valence-corrected chi connectivity index (χ1v) is 7.25. The summed E-state index contributed by atoms with van der Waals surface area (Å²) >= 11 is 0.